The van der Waals surface area contributed by atoms with Crippen LogP contribution in [-0.2, 0) is 14.4 Å². The number of carbonyl (C=O) groups is 3. The van der Waals surface area contributed by atoms with Crippen LogP contribution in [0.2, 0.25) is 0 Å². The minimum Gasteiger partial charge on any atom is -0.490 e. The van der Waals surface area contributed by atoms with Crippen LogP contribution in [0.25, 0.3) is 0 Å². The van der Waals surface area contributed by atoms with Gasteiger partial charge in [-0.05, 0) is 73.1 Å². The number of nitro groups is 1. The van der Waals surface area contributed by atoms with Gasteiger partial charge in [0.25, 0.3) is 11.6 Å². The Hall–Kier alpha value is -4.95. The molecule has 12 nitrogen and oxygen atoms in total. The molecule has 4 aromatic rings. The van der Waals surface area contributed by atoms with Gasteiger partial charge in [0.1, 0.15) is 0 Å². The monoisotopic (exact) mass is 698 g/mol. The highest BCUT2D eigenvalue weighted by atomic mass is 32.2. The fourth-order valence-electron chi connectivity index (χ4n) is 8.34. The van der Waals surface area contributed by atoms with Gasteiger partial charge in [0.15, 0.2) is 18.1 Å². The lowest BCUT2D eigenvalue weighted by Gasteiger charge is -2.43. The molecule has 2 saturated carbocycles. The predicted octanol–water partition coefficient (Wildman–Crippen LogP) is 5.44. The van der Waals surface area contributed by atoms with Gasteiger partial charge < -0.3 is 19.8 Å². The number of ether oxygens (including phenoxy) is 2. The van der Waals surface area contributed by atoms with Crippen molar-refractivity contribution in [3.8, 4) is 11.5 Å². The highest BCUT2D eigenvalue weighted by Crippen LogP contribution is 2.68. The van der Waals surface area contributed by atoms with Gasteiger partial charge in [-0.25, -0.2) is 0 Å². The van der Waals surface area contributed by atoms with Crippen molar-refractivity contribution in [1.29, 1.82) is 0 Å². The first kappa shape index (κ1) is 31.3. The van der Waals surface area contributed by atoms with E-state index in [0.29, 0.717) is 29.5 Å². The summed E-state index contributed by atoms with van der Waals surface area (Å²) in [5, 5.41) is 14.8. The van der Waals surface area contributed by atoms with Crippen molar-refractivity contribution in [2.45, 2.75) is 29.5 Å². The molecule has 0 unspecified atom stereocenters. The molecule has 14 heteroatoms. The lowest BCUT2D eigenvalue weighted by atomic mass is 9.68. The Morgan fingerprint density at radius 2 is 1.71 bits per heavy atom. The molecule has 3 fully saturated rings. The quantitative estimate of drug-likeness (QED) is 0.132. The van der Waals surface area contributed by atoms with E-state index in [2.05, 4.69) is 10.3 Å². The topological polar surface area (TPSA) is 161 Å². The molecule has 3 aromatic carbocycles. The number of nitrogens with zero attached hydrogens (tertiary/aromatic N) is 2. The number of amides is 3. The van der Waals surface area contributed by atoms with Crippen LogP contribution in [0.1, 0.15) is 29.7 Å². The Balaban J connectivity index is 1.10. The number of thiazole rings is 1. The standard InChI is InChI=1S/C35H30N4O8S2/c1-2-46-24-14-17(8-13-23(24)47-16-25(40)36-18-6-4-3-5-7-18)26-27-21-15-22(30(27)48-32-31(26)49-35(43)37-32)29-28(21)33(41)38(34(29)42)19-9-11-20(12-10-19)39(44)45/h3-14,21-22,26-30H,2,15-16H2,1H3,(H,36,40)(H,37,43)/t21-,22-,26+,27-,28+,29+,30-/m1/s1. The van der Waals surface area contributed by atoms with E-state index in [0.717, 1.165) is 33.2 Å². The van der Waals surface area contributed by atoms with E-state index in [4.69, 9.17) is 9.47 Å². The molecule has 2 aliphatic heterocycles. The number of thioether (sulfide) groups is 1. The third kappa shape index (κ3) is 5.21. The maximum Gasteiger partial charge on any atom is 0.305 e. The molecular formula is C35H30N4O8S2. The van der Waals surface area contributed by atoms with Crippen LogP contribution >= 0.6 is 23.1 Å². The van der Waals surface area contributed by atoms with Crippen LogP contribution in [0.3, 0.4) is 0 Å². The first-order valence-electron chi connectivity index (χ1n) is 16.0. The highest BCUT2D eigenvalue weighted by Gasteiger charge is 2.69. The van der Waals surface area contributed by atoms with E-state index in [9.17, 15) is 29.3 Å². The zero-order chi connectivity index (χ0) is 34.0. The molecule has 2 bridgehead atoms. The van der Waals surface area contributed by atoms with E-state index < -0.39 is 16.8 Å². The number of rotatable bonds is 9. The van der Waals surface area contributed by atoms with Crippen molar-refractivity contribution in [2.75, 3.05) is 23.4 Å². The largest absolute Gasteiger partial charge is 0.490 e. The van der Waals surface area contributed by atoms with Crippen molar-refractivity contribution in [1.82, 2.24) is 4.98 Å². The Morgan fingerprint density at radius 1 is 0.980 bits per heavy atom. The summed E-state index contributed by atoms with van der Waals surface area (Å²) in [6, 6.07) is 20.2. The smallest absolute Gasteiger partial charge is 0.305 e. The van der Waals surface area contributed by atoms with Crippen LogP contribution in [0.5, 0.6) is 11.5 Å². The van der Waals surface area contributed by atoms with Gasteiger partial charge in [-0.15, -0.1) is 11.8 Å². The Morgan fingerprint density at radius 3 is 2.43 bits per heavy atom. The molecule has 2 N–H and O–H groups in total. The number of aromatic amines is 1. The van der Waals surface area contributed by atoms with Crippen molar-refractivity contribution >= 4 is 57.9 Å². The fraction of sp³-hybridized carbons (Fsp3) is 0.314. The second-order valence-corrected chi connectivity index (χ2v) is 14.8. The number of para-hydroxylation sites is 1. The number of nitro benzene ring substituents is 1. The Kier molecular flexibility index (Phi) is 7.79. The van der Waals surface area contributed by atoms with Gasteiger partial charge >= 0.3 is 4.87 Å². The van der Waals surface area contributed by atoms with Crippen LogP contribution in [0.4, 0.5) is 17.1 Å². The first-order chi connectivity index (χ1) is 23.7. The zero-order valence-electron chi connectivity index (χ0n) is 26.1. The molecule has 7 atom stereocenters. The van der Waals surface area contributed by atoms with Crippen LogP contribution < -0.4 is 24.6 Å². The Labute approximate surface area is 288 Å². The summed E-state index contributed by atoms with van der Waals surface area (Å²) in [5.74, 6) is -1.50. The number of H-pyrrole nitrogens is 1. The van der Waals surface area contributed by atoms with Crippen LogP contribution in [0.15, 0.2) is 82.6 Å². The third-order valence-corrected chi connectivity index (χ3v) is 12.7. The molecule has 3 amide bonds. The molecule has 3 heterocycles. The molecular weight excluding hydrogens is 669 g/mol. The molecule has 1 aromatic heterocycles. The van der Waals surface area contributed by atoms with Gasteiger partial charge in [0.2, 0.25) is 11.8 Å². The summed E-state index contributed by atoms with van der Waals surface area (Å²) in [4.78, 5) is 68.9. The zero-order valence-corrected chi connectivity index (χ0v) is 27.7. The SMILES string of the molecule is CCOc1cc([C@@H]2c3sc(=O)[nH]c3S[C@@H]3[C@@H]4C[C@@H]([C@@H]5C(=O)N(c6ccc([N+](=O)[O-])cc6)C(=O)[C@@H]45)[C@H]23)ccc1OCC(=O)Nc1ccccc1. The Bertz CT molecular complexity index is 2050. The van der Waals surface area contributed by atoms with E-state index in [1.165, 1.54) is 29.2 Å². The van der Waals surface area contributed by atoms with E-state index in [1.54, 1.807) is 30.0 Å². The predicted molar refractivity (Wildman–Crippen MR) is 182 cm³/mol. The van der Waals surface area contributed by atoms with E-state index in [1.807, 2.05) is 37.3 Å². The van der Waals surface area contributed by atoms with Crippen molar-refractivity contribution in [2.24, 2.45) is 29.6 Å². The van der Waals surface area contributed by atoms with Crippen molar-refractivity contribution in [3.05, 3.63) is 103 Å². The molecule has 1 saturated heterocycles. The molecule has 0 spiro atoms. The number of imide groups is 1. The number of nitrogens with one attached hydrogen (secondary N) is 2. The normalized spacial score (nSPS) is 26.2. The number of carbonyl (C=O) groups excluding carboxylic acids is 3. The maximum atomic E-state index is 14.0. The minimum atomic E-state index is -0.522. The molecule has 49 heavy (non-hydrogen) atoms. The maximum absolute atomic E-state index is 14.0. The number of benzene rings is 3. The molecule has 250 valence electrons. The third-order valence-electron chi connectivity index (χ3n) is 10.1. The van der Waals surface area contributed by atoms with Crippen LogP contribution in [0, 0.1) is 39.7 Å². The van der Waals surface area contributed by atoms with E-state index in [-0.39, 0.29) is 63.8 Å². The number of non-ortho nitro benzene ring substituents is 1. The number of fused-ring (bicyclic) bond motifs is 9. The van der Waals surface area contributed by atoms with Gasteiger partial charge in [-0.3, -0.25) is 34.2 Å². The van der Waals surface area contributed by atoms with Crippen LogP contribution in [-0.4, -0.2) is 46.1 Å². The van der Waals surface area contributed by atoms with Gasteiger partial charge in [-0.2, -0.15) is 0 Å². The number of hydrogen-bond donors (Lipinski definition) is 2. The summed E-state index contributed by atoms with van der Waals surface area (Å²) < 4.78 is 11.9. The lowest BCUT2D eigenvalue weighted by molar-refractivity contribution is -0.384. The first-order valence-corrected chi connectivity index (χ1v) is 17.7. The molecule has 0 radical (unpaired) electrons. The van der Waals surface area contributed by atoms with E-state index >= 15 is 0 Å². The second-order valence-electron chi connectivity index (χ2n) is 12.6. The number of aromatic nitrogens is 1. The summed E-state index contributed by atoms with van der Waals surface area (Å²) in [5.41, 5.74) is 1.77. The summed E-state index contributed by atoms with van der Waals surface area (Å²) in [6.45, 7) is 1.99. The van der Waals surface area contributed by atoms with Gasteiger partial charge in [0.05, 0.1) is 34.1 Å². The molecule has 2 aliphatic carbocycles. The summed E-state index contributed by atoms with van der Waals surface area (Å²) in [6.07, 6.45) is 0.717. The number of anilines is 2. The van der Waals surface area contributed by atoms with Gasteiger partial charge in [0, 0.05) is 33.9 Å². The summed E-state index contributed by atoms with van der Waals surface area (Å²) in [7, 11) is 0. The second kappa shape index (κ2) is 12.2. The van der Waals surface area contributed by atoms with Crippen molar-refractivity contribution in [3.63, 3.8) is 0 Å². The number of hydrogen-bond acceptors (Lipinski definition) is 10. The average Bonchev–Trinajstić information content (AvgIpc) is 3.83. The molecule has 8 rings (SSSR count). The van der Waals surface area contributed by atoms with Crippen molar-refractivity contribution < 1.29 is 28.8 Å². The van der Waals surface area contributed by atoms with Gasteiger partial charge in [-0.1, -0.05) is 35.6 Å². The fourth-order valence-corrected chi connectivity index (χ4v) is 11.2. The average molecular weight is 699 g/mol. The highest BCUT2D eigenvalue weighted by molar-refractivity contribution is 8.00. The summed E-state index contributed by atoms with van der Waals surface area (Å²) >= 11 is 2.75. The minimum absolute atomic E-state index is 0.0179. The lowest BCUT2D eigenvalue weighted by Crippen LogP contribution is -2.42. The molecule has 4 aliphatic rings.